The molecule has 212 valence electrons. The standard InChI is InChI=1S/C28H32FN5O6/c1-27(2,40-26(30)38)24(36)31-20(16-39-21-12-8-7-11-19(21)29)23(35)34-14-13-22-28(17-34,25(37)33(3)32-22)15-18-9-5-4-6-10-18/h4-12,20H,13-17H2,1-3H3,(H2,30,38)(H,31,36)/t20?,28-/m1/s1. The highest BCUT2D eigenvalue weighted by Gasteiger charge is 2.54. The normalized spacial score (nSPS) is 19.4. The molecule has 2 aliphatic heterocycles. The molecule has 0 bridgehead atoms. The zero-order chi connectivity index (χ0) is 29.1. The minimum atomic E-state index is -1.71. The van der Waals surface area contributed by atoms with Crippen molar-refractivity contribution in [3.05, 3.63) is 66.0 Å². The predicted octanol–water partition coefficient (Wildman–Crippen LogP) is 1.85. The second kappa shape index (κ2) is 11.3. The molecule has 11 nitrogen and oxygen atoms in total. The minimum Gasteiger partial charge on any atom is -0.488 e. The molecule has 1 saturated heterocycles. The van der Waals surface area contributed by atoms with Crippen molar-refractivity contribution in [2.24, 2.45) is 16.3 Å². The van der Waals surface area contributed by atoms with Crippen LogP contribution in [0, 0.1) is 11.2 Å². The first kappa shape index (κ1) is 28.5. The number of amides is 4. The molecule has 2 atom stereocenters. The monoisotopic (exact) mass is 553 g/mol. The average Bonchev–Trinajstić information content (AvgIpc) is 3.15. The lowest BCUT2D eigenvalue weighted by Gasteiger charge is -2.40. The second-order valence-electron chi connectivity index (χ2n) is 10.3. The van der Waals surface area contributed by atoms with E-state index in [0.29, 0.717) is 18.6 Å². The summed E-state index contributed by atoms with van der Waals surface area (Å²) >= 11 is 0. The molecule has 1 unspecified atom stereocenters. The maximum atomic E-state index is 14.2. The molecule has 4 amide bonds. The van der Waals surface area contributed by atoms with E-state index in [-0.39, 0.29) is 24.7 Å². The fraction of sp³-hybridized carbons (Fsp3) is 0.393. The van der Waals surface area contributed by atoms with Crippen molar-refractivity contribution < 1.29 is 33.0 Å². The number of nitrogens with zero attached hydrogens (tertiary/aromatic N) is 3. The molecule has 2 aliphatic rings. The summed E-state index contributed by atoms with van der Waals surface area (Å²) in [5.41, 5.74) is 3.92. The van der Waals surface area contributed by atoms with E-state index in [0.717, 1.165) is 5.56 Å². The van der Waals surface area contributed by atoms with Crippen LogP contribution >= 0.6 is 0 Å². The number of fused-ring (bicyclic) bond motifs is 1. The number of hydrogen-bond donors (Lipinski definition) is 2. The minimum absolute atomic E-state index is 0.0238. The molecule has 0 saturated carbocycles. The van der Waals surface area contributed by atoms with Crippen molar-refractivity contribution in [2.75, 3.05) is 26.7 Å². The zero-order valence-corrected chi connectivity index (χ0v) is 22.6. The largest absolute Gasteiger partial charge is 0.488 e. The molecule has 3 N–H and O–H groups in total. The van der Waals surface area contributed by atoms with E-state index < -0.39 is 47.4 Å². The van der Waals surface area contributed by atoms with Crippen LogP contribution < -0.4 is 15.8 Å². The van der Waals surface area contributed by atoms with Crippen LogP contribution in [0.2, 0.25) is 0 Å². The quantitative estimate of drug-likeness (QED) is 0.485. The summed E-state index contributed by atoms with van der Waals surface area (Å²) in [6, 6.07) is 13.8. The Morgan fingerprint density at radius 1 is 1.15 bits per heavy atom. The van der Waals surface area contributed by atoms with E-state index in [4.69, 9.17) is 15.2 Å². The number of piperidine rings is 1. The number of likely N-dealkylation sites (tertiary alicyclic amines) is 1. The molecular weight excluding hydrogens is 521 g/mol. The predicted molar refractivity (Wildman–Crippen MR) is 143 cm³/mol. The van der Waals surface area contributed by atoms with E-state index in [2.05, 4.69) is 10.4 Å². The summed E-state index contributed by atoms with van der Waals surface area (Å²) in [7, 11) is 1.58. The number of hydrogen-bond acceptors (Lipinski definition) is 7. The number of nitrogens with one attached hydrogen (secondary N) is 1. The Morgan fingerprint density at radius 2 is 1.82 bits per heavy atom. The number of para-hydroxylation sites is 1. The number of nitrogens with two attached hydrogens (primary N) is 1. The topological polar surface area (TPSA) is 144 Å². The number of carbonyl (C=O) groups excluding carboxylic acids is 4. The van der Waals surface area contributed by atoms with Crippen molar-refractivity contribution in [3.8, 4) is 5.75 Å². The maximum absolute atomic E-state index is 14.2. The Hall–Kier alpha value is -4.48. The van der Waals surface area contributed by atoms with E-state index in [1.807, 2.05) is 30.3 Å². The lowest BCUT2D eigenvalue weighted by molar-refractivity contribution is -0.145. The van der Waals surface area contributed by atoms with Crippen LogP contribution in [0.15, 0.2) is 59.7 Å². The van der Waals surface area contributed by atoms with Crippen LogP contribution in [0.4, 0.5) is 9.18 Å². The van der Waals surface area contributed by atoms with E-state index in [9.17, 15) is 23.6 Å². The zero-order valence-electron chi connectivity index (χ0n) is 22.6. The number of primary amides is 1. The summed E-state index contributed by atoms with van der Waals surface area (Å²) < 4.78 is 24.7. The smallest absolute Gasteiger partial charge is 0.405 e. The van der Waals surface area contributed by atoms with E-state index in [1.54, 1.807) is 13.1 Å². The molecule has 1 fully saturated rings. The average molecular weight is 554 g/mol. The number of hydrazone groups is 1. The number of ether oxygens (including phenoxy) is 2. The maximum Gasteiger partial charge on any atom is 0.405 e. The van der Waals surface area contributed by atoms with Crippen molar-refractivity contribution in [3.63, 3.8) is 0 Å². The van der Waals surface area contributed by atoms with Gasteiger partial charge in [0.2, 0.25) is 5.91 Å². The second-order valence-corrected chi connectivity index (χ2v) is 10.3. The van der Waals surface area contributed by atoms with Gasteiger partial charge in [0.25, 0.3) is 11.8 Å². The molecule has 2 aromatic rings. The molecule has 4 rings (SSSR count). The van der Waals surface area contributed by atoms with Crippen LogP contribution in [0.5, 0.6) is 5.75 Å². The van der Waals surface area contributed by atoms with Gasteiger partial charge in [-0.05, 0) is 38.0 Å². The molecule has 40 heavy (non-hydrogen) atoms. The fourth-order valence-electron chi connectivity index (χ4n) is 4.98. The van der Waals surface area contributed by atoms with Crippen LogP contribution in [0.3, 0.4) is 0 Å². The molecule has 0 aromatic heterocycles. The number of benzene rings is 2. The molecular formula is C28H32FN5O6. The number of rotatable bonds is 9. The number of halogens is 1. The van der Waals surface area contributed by atoms with Gasteiger partial charge in [-0.3, -0.25) is 14.4 Å². The SMILES string of the molecule is CN1N=C2CCN(C(=O)C(COc3ccccc3F)NC(=O)C(C)(C)OC(N)=O)C[C@@]2(Cc2ccccc2)C1=O. The molecule has 2 heterocycles. The Balaban J connectivity index is 1.60. The van der Waals surface area contributed by atoms with Crippen molar-refractivity contribution in [1.29, 1.82) is 0 Å². The third-order valence-corrected chi connectivity index (χ3v) is 7.01. The van der Waals surface area contributed by atoms with Gasteiger partial charge in [-0.25, -0.2) is 14.2 Å². The first-order valence-corrected chi connectivity index (χ1v) is 12.8. The van der Waals surface area contributed by atoms with Crippen molar-refractivity contribution >= 4 is 29.5 Å². The molecule has 0 radical (unpaired) electrons. The summed E-state index contributed by atoms with van der Waals surface area (Å²) in [5, 5.41) is 8.32. The van der Waals surface area contributed by atoms with E-state index >= 15 is 0 Å². The molecule has 0 spiro atoms. The van der Waals surface area contributed by atoms with Crippen molar-refractivity contribution in [1.82, 2.24) is 15.2 Å². The first-order valence-electron chi connectivity index (χ1n) is 12.8. The molecule has 12 heteroatoms. The van der Waals surface area contributed by atoms with Gasteiger partial charge in [0.15, 0.2) is 17.2 Å². The fourth-order valence-corrected chi connectivity index (χ4v) is 4.98. The highest BCUT2D eigenvalue weighted by Crippen LogP contribution is 2.38. The Kier molecular flexibility index (Phi) is 8.08. The third-order valence-electron chi connectivity index (χ3n) is 7.01. The van der Waals surface area contributed by atoms with Crippen LogP contribution in [-0.2, 0) is 25.5 Å². The summed E-state index contributed by atoms with van der Waals surface area (Å²) in [6.45, 7) is 2.48. The Bertz CT molecular complexity index is 1330. The van der Waals surface area contributed by atoms with Gasteiger partial charge in [-0.15, -0.1) is 0 Å². The summed E-state index contributed by atoms with van der Waals surface area (Å²) in [5.74, 6) is -2.34. The van der Waals surface area contributed by atoms with Gasteiger partial charge < -0.3 is 25.4 Å². The van der Waals surface area contributed by atoms with Gasteiger partial charge in [-0.1, -0.05) is 42.5 Å². The molecule has 0 aliphatic carbocycles. The van der Waals surface area contributed by atoms with Gasteiger partial charge in [0.05, 0.1) is 5.71 Å². The van der Waals surface area contributed by atoms with Crippen molar-refractivity contribution in [2.45, 2.75) is 38.3 Å². The Labute approximate surface area is 231 Å². The molecule has 2 aromatic carbocycles. The van der Waals surface area contributed by atoms with Crippen LogP contribution in [0.25, 0.3) is 0 Å². The van der Waals surface area contributed by atoms with Crippen LogP contribution in [0.1, 0.15) is 25.8 Å². The third kappa shape index (κ3) is 5.90. The Morgan fingerprint density at radius 3 is 2.50 bits per heavy atom. The summed E-state index contributed by atoms with van der Waals surface area (Å²) in [6.07, 6.45) is -0.484. The van der Waals surface area contributed by atoms with Crippen LogP contribution in [-0.4, -0.2) is 77.8 Å². The lowest BCUT2D eigenvalue weighted by atomic mass is 9.73. The first-order chi connectivity index (χ1) is 18.9. The van der Waals surface area contributed by atoms with Gasteiger partial charge in [0.1, 0.15) is 18.1 Å². The summed E-state index contributed by atoms with van der Waals surface area (Å²) in [4.78, 5) is 53.2. The van der Waals surface area contributed by atoms with Gasteiger partial charge in [0, 0.05) is 26.6 Å². The van der Waals surface area contributed by atoms with E-state index in [1.165, 1.54) is 42.0 Å². The lowest BCUT2D eigenvalue weighted by Crippen LogP contribution is -2.61. The number of carbonyl (C=O) groups is 4. The van der Waals surface area contributed by atoms with Gasteiger partial charge in [-0.2, -0.15) is 5.10 Å². The van der Waals surface area contributed by atoms with Gasteiger partial charge >= 0.3 is 6.09 Å². The highest BCUT2D eigenvalue weighted by atomic mass is 19.1. The highest BCUT2D eigenvalue weighted by molar-refractivity contribution is 6.13.